The lowest BCUT2D eigenvalue weighted by Gasteiger charge is -2.37. The number of furan rings is 1. The molecule has 2 rings (SSSR count). The average molecular weight is 279 g/mol. The second-order valence-corrected chi connectivity index (χ2v) is 5.93. The van der Waals surface area contributed by atoms with Crippen LogP contribution in [0.5, 0.6) is 0 Å². The number of nitrogens with zero attached hydrogens (tertiary/aromatic N) is 1. The van der Waals surface area contributed by atoms with Crippen molar-refractivity contribution >= 4 is 5.97 Å². The van der Waals surface area contributed by atoms with Crippen molar-refractivity contribution in [1.29, 1.82) is 0 Å². The third kappa shape index (κ3) is 3.23. The molecule has 1 aliphatic carbocycles. The molecular weight excluding hydrogens is 254 g/mol. The van der Waals surface area contributed by atoms with Crippen molar-refractivity contribution in [3.8, 4) is 0 Å². The first-order chi connectivity index (χ1) is 9.52. The third-order valence-corrected chi connectivity index (χ3v) is 4.83. The minimum Gasteiger partial charge on any atom is -0.475 e. The van der Waals surface area contributed by atoms with Gasteiger partial charge in [0, 0.05) is 6.04 Å². The van der Waals surface area contributed by atoms with E-state index < -0.39 is 5.97 Å². The molecule has 1 saturated carbocycles. The van der Waals surface area contributed by atoms with E-state index in [1.54, 1.807) is 6.07 Å². The third-order valence-electron chi connectivity index (χ3n) is 4.83. The standard InChI is InChI=1S/C16H25NO3/c1-4-12-5-7-13(8-6-12)17(3)11(2)14-9-10-15(20-14)16(18)19/h9-13H,4-8H2,1-3H3,(H,18,19). The Labute approximate surface area is 120 Å². The predicted molar refractivity (Wildman–Crippen MR) is 77.9 cm³/mol. The van der Waals surface area contributed by atoms with E-state index in [1.165, 1.54) is 38.2 Å². The van der Waals surface area contributed by atoms with Crippen LogP contribution in [0.25, 0.3) is 0 Å². The van der Waals surface area contributed by atoms with E-state index in [2.05, 4.69) is 25.8 Å². The van der Waals surface area contributed by atoms with Crippen molar-refractivity contribution in [2.45, 2.75) is 58.0 Å². The number of carbonyl (C=O) groups is 1. The SMILES string of the molecule is CCC1CCC(N(C)C(C)c2ccc(C(=O)O)o2)CC1. The van der Waals surface area contributed by atoms with Gasteiger partial charge in [-0.15, -0.1) is 0 Å². The monoisotopic (exact) mass is 279 g/mol. The molecular formula is C16H25NO3. The summed E-state index contributed by atoms with van der Waals surface area (Å²) in [4.78, 5) is 13.2. The Morgan fingerprint density at radius 1 is 1.40 bits per heavy atom. The second kappa shape index (κ2) is 6.44. The Balaban J connectivity index is 1.97. The highest BCUT2D eigenvalue weighted by Crippen LogP contribution is 2.33. The van der Waals surface area contributed by atoms with E-state index >= 15 is 0 Å². The van der Waals surface area contributed by atoms with E-state index in [-0.39, 0.29) is 11.8 Å². The van der Waals surface area contributed by atoms with Gasteiger partial charge in [-0.05, 0) is 57.7 Å². The summed E-state index contributed by atoms with van der Waals surface area (Å²) in [5, 5.41) is 8.92. The van der Waals surface area contributed by atoms with Gasteiger partial charge in [-0.2, -0.15) is 0 Å². The molecule has 0 aliphatic heterocycles. The molecule has 1 aromatic heterocycles. The van der Waals surface area contributed by atoms with Gasteiger partial charge in [0.15, 0.2) is 0 Å². The topological polar surface area (TPSA) is 53.7 Å². The lowest BCUT2D eigenvalue weighted by molar-refractivity contribution is 0.0651. The van der Waals surface area contributed by atoms with Crippen LogP contribution in [0.2, 0.25) is 0 Å². The quantitative estimate of drug-likeness (QED) is 0.887. The summed E-state index contributed by atoms with van der Waals surface area (Å²) in [6.45, 7) is 4.35. The normalized spacial score (nSPS) is 24.8. The lowest BCUT2D eigenvalue weighted by atomic mass is 9.83. The van der Waals surface area contributed by atoms with Gasteiger partial charge < -0.3 is 9.52 Å². The first kappa shape index (κ1) is 15.1. The number of hydrogen-bond acceptors (Lipinski definition) is 3. The van der Waals surface area contributed by atoms with E-state index in [9.17, 15) is 4.79 Å². The molecule has 4 nitrogen and oxygen atoms in total. The van der Waals surface area contributed by atoms with Crippen LogP contribution in [-0.2, 0) is 0 Å². The van der Waals surface area contributed by atoms with Crippen LogP contribution in [-0.4, -0.2) is 29.1 Å². The van der Waals surface area contributed by atoms with Crippen LogP contribution in [0.15, 0.2) is 16.5 Å². The van der Waals surface area contributed by atoms with Gasteiger partial charge in [0.1, 0.15) is 5.76 Å². The molecule has 1 fully saturated rings. The predicted octanol–water partition coefficient (Wildman–Crippen LogP) is 3.94. The molecule has 1 aliphatic rings. The van der Waals surface area contributed by atoms with Crippen LogP contribution >= 0.6 is 0 Å². The average Bonchev–Trinajstić information content (AvgIpc) is 2.96. The van der Waals surface area contributed by atoms with Crippen LogP contribution in [0.4, 0.5) is 0 Å². The first-order valence-electron chi connectivity index (χ1n) is 7.57. The zero-order valence-corrected chi connectivity index (χ0v) is 12.6. The van der Waals surface area contributed by atoms with Gasteiger partial charge in [-0.25, -0.2) is 4.79 Å². The molecule has 1 N–H and O–H groups in total. The van der Waals surface area contributed by atoms with E-state index in [1.807, 2.05) is 0 Å². The minimum absolute atomic E-state index is 0.0231. The second-order valence-electron chi connectivity index (χ2n) is 5.93. The summed E-state index contributed by atoms with van der Waals surface area (Å²) in [7, 11) is 2.12. The van der Waals surface area contributed by atoms with Crippen molar-refractivity contribution in [1.82, 2.24) is 4.90 Å². The molecule has 0 aromatic carbocycles. The first-order valence-corrected chi connectivity index (χ1v) is 7.57. The smallest absolute Gasteiger partial charge is 0.371 e. The van der Waals surface area contributed by atoms with E-state index in [0.717, 1.165) is 11.7 Å². The van der Waals surface area contributed by atoms with Crippen LogP contribution < -0.4 is 0 Å². The fourth-order valence-electron chi connectivity index (χ4n) is 3.17. The van der Waals surface area contributed by atoms with Gasteiger partial charge in [0.25, 0.3) is 0 Å². The van der Waals surface area contributed by atoms with Crippen molar-refractivity contribution in [3.63, 3.8) is 0 Å². The molecule has 0 bridgehead atoms. The molecule has 0 radical (unpaired) electrons. The lowest BCUT2D eigenvalue weighted by Crippen LogP contribution is -2.36. The molecule has 0 saturated heterocycles. The molecule has 1 atom stereocenters. The summed E-state index contributed by atoms with van der Waals surface area (Å²) < 4.78 is 5.42. The maximum absolute atomic E-state index is 10.9. The van der Waals surface area contributed by atoms with Gasteiger partial charge in [-0.3, -0.25) is 4.90 Å². The maximum atomic E-state index is 10.9. The van der Waals surface area contributed by atoms with Gasteiger partial charge in [0.05, 0.1) is 6.04 Å². The van der Waals surface area contributed by atoms with Gasteiger partial charge >= 0.3 is 5.97 Å². The van der Waals surface area contributed by atoms with Crippen molar-refractivity contribution in [3.05, 3.63) is 23.7 Å². The molecule has 0 amide bonds. The van der Waals surface area contributed by atoms with Crippen molar-refractivity contribution in [2.24, 2.45) is 5.92 Å². The highest BCUT2D eigenvalue weighted by Gasteiger charge is 2.27. The van der Waals surface area contributed by atoms with Crippen LogP contribution in [0.1, 0.15) is 68.3 Å². The van der Waals surface area contributed by atoms with Crippen LogP contribution in [0, 0.1) is 5.92 Å². The Morgan fingerprint density at radius 3 is 2.55 bits per heavy atom. The van der Waals surface area contributed by atoms with E-state index in [0.29, 0.717) is 6.04 Å². The Kier molecular flexibility index (Phi) is 4.86. The summed E-state index contributed by atoms with van der Waals surface area (Å²) in [5.41, 5.74) is 0. The fourth-order valence-corrected chi connectivity index (χ4v) is 3.17. The molecule has 112 valence electrons. The Hall–Kier alpha value is -1.29. The molecule has 1 heterocycles. The fraction of sp³-hybridized carbons (Fsp3) is 0.688. The molecule has 4 heteroatoms. The van der Waals surface area contributed by atoms with Gasteiger partial charge in [0.2, 0.25) is 5.76 Å². The number of aromatic carboxylic acids is 1. The summed E-state index contributed by atoms with van der Waals surface area (Å²) in [6.07, 6.45) is 6.34. The maximum Gasteiger partial charge on any atom is 0.371 e. The zero-order chi connectivity index (χ0) is 14.7. The highest BCUT2D eigenvalue weighted by atomic mass is 16.4. The Bertz CT molecular complexity index is 446. The molecule has 1 aromatic rings. The van der Waals surface area contributed by atoms with Crippen molar-refractivity contribution < 1.29 is 14.3 Å². The molecule has 0 spiro atoms. The number of carboxylic acids is 1. The Morgan fingerprint density at radius 2 is 2.05 bits per heavy atom. The number of carboxylic acid groups (broad SMARTS) is 1. The zero-order valence-electron chi connectivity index (χ0n) is 12.6. The molecule has 1 unspecified atom stereocenters. The van der Waals surface area contributed by atoms with Gasteiger partial charge in [-0.1, -0.05) is 13.3 Å². The number of hydrogen-bond donors (Lipinski definition) is 1. The summed E-state index contributed by atoms with van der Waals surface area (Å²) in [6, 6.07) is 4.01. The highest BCUT2D eigenvalue weighted by molar-refractivity contribution is 5.84. The van der Waals surface area contributed by atoms with Crippen LogP contribution in [0.3, 0.4) is 0 Å². The molecule has 20 heavy (non-hydrogen) atoms. The van der Waals surface area contributed by atoms with E-state index in [4.69, 9.17) is 9.52 Å². The minimum atomic E-state index is -1.01. The van der Waals surface area contributed by atoms with Crippen molar-refractivity contribution in [2.75, 3.05) is 7.05 Å². The number of rotatable bonds is 5. The largest absolute Gasteiger partial charge is 0.475 e. The summed E-state index contributed by atoms with van der Waals surface area (Å²) >= 11 is 0. The summed E-state index contributed by atoms with van der Waals surface area (Å²) in [5.74, 6) is 0.643.